The highest BCUT2D eigenvalue weighted by molar-refractivity contribution is 7.89. The molecule has 8 heteroatoms. The van der Waals surface area contributed by atoms with Gasteiger partial charge in [-0.1, -0.05) is 30.3 Å². The van der Waals surface area contributed by atoms with Gasteiger partial charge in [-0.25, -0.2) is 13.2 Å². The van der Waals surface area contributed by atoms with Gasteiger partial charge in [-0.3, -0.25) is 4.31 Å². The normalized spacial score (nSPS) is 16.1. The van der Waals surface area contributed by atoms with Crippen LogP contribution in [0, 0.1) is 0 Å². The molecule has 0 fully saturated rings. The summed E-state index contributed by atoms with van der Waals surface area (Å²) in [4.78, 5) is 12.2. The van der Waals surface area contributed by atoms with Gasteiger partial charge < -0.3 is 9.84 Å². The van der Waals surface area contributed by atoms with Gasteiger partial charge in [-0.2, -0.15) is 0 Å². The number of ether oxygens (including phenoxy) is 1. The third kappa shape index (κ3) is 2.49. The maximum atomic E-state index is 12.8. The summed E-state index contributed by atoms with van der Waals surface area (Å²) in [6.45, 7) is -0.0764. The first-order valence-corrected chi connectivity index (χ1v) is 8.95. The Morgan fingerprint density at radius 2 is 1.96 bits per heavy atom. The van der Waals surface area contributed by atoms with E-state index in [0.29, 0.717) is 5.56 Å². The molecule has 1 aliphatic heterocycles. The van der Waals surface area contributed by atoms with E-state index < -0.39 is 16.0 Å². The van der Waals surface area contributed by atoms with E-state index in [1.165, 1.54) is 6.07 Å². The van der Waals surface area contributed by atoms with E-state index in [1.807, 2.05) is 0 Å². The van der Waals surface area contributed by atoms with Crippen LogP contribution < -0.4 is 0 Å². The number of fused-ring (bicyclic) bond motifs is 1. The van der Waals surface area contributed by atoms with Crippen LogP contribution in [0.4, 0.5) is 0 Å². The Kier molecular flexibility index (Phi) is 3.87. The minimum Gasteiger partial charge on any atom is -0.504 e. The van der Waals surface area contributed by atoms with Gasteiger partial charge in [0.1, 0.15) is 4.90 Å². The molecule has 0 saturated heterocycles. The van der Waals surface area contributed by atoms with Crippen LogP contribution in [0.3, 0.4) is 0 Å². The van der Waals surface area contributed by atoms with E-state index in [9.17, 15) is 18.3 Å². The number of aliphatic hydroxyl groups excluding tert-OH is 1. The number of thiophene rings is 1. The second-order valence-electron chi connectivity index (χ2n) is 4.80. The summed E-state index contributed by atoms with van der Waals surface area (Å²) in [6.07, 6.45) is 0. The van der Waals surface area contributed by atoms with Crippen molar-refractivity contribution >= 4 is 33.1 Å². The lowest BCUT2D eigenvalue weighted by molar-refractivity contribution is -0.137. The van der Waals surface area contributed by atoms with Crippen molar-refractivity contribution in [3.05, 3.63) is 57.9 Å². The van der Waals surface area contributed by atoms with E-state index in [0.717, 1.165) is 22.8 Å². The van der Waals surface area contributed by atoms with Crippen molar-refractivity contribution < 1.29 is 23.1 Å². The third-order valence-electron chi connectivity index (χ3n) is 3.43. The van der Waals surface area contributed by atoms with Crippen LogP contribution in [-0.2, 0) is 26.1 Å². The molecule has 2 heterocycles. The van der Waals surface area contributed by atoms with Crippen molar-refractivity contribution in [1.29, 1.82) is 0 Å². The molecule has 0 atom stereocenters. The Bertz CT molecular complexity index is 884. The van der Waals surface area contributed by atoms with E-state index in [-0.39, 0.29) is 27.8 Å². The molecule has 3 rings (SSSR count). The molecule has 2 aromatic rings. The molecule has 0 radical (unpaired) electrons. The van der Waals surface area contributed by atoms with E-state index in [2.05, 4.69) is 4.74 Å². The zero-order valence-electron chi connectivity index (χ0n) is 12.1. The minimum absolute atomic E-state index is 0.0106. The number of sulfonamides is 1. The molecule has 0 bridgehead atoms. The second kappa shape index (κ2) is 5.71. The number of benzene rings is 1. The number of hydrogen-bond donors (Lipinski definition) is 1. The summed E-state index contributed by atoms with van der Waals surface area (Å²) < 4.78 is 31.2. The van der Waals surface area contributed by atoms with Crippen LogP contribution >= 0.6 is 11.3 Å². The SMILES string of the molecule is COC(=O)C1=C(O)c2sccc2S(=O)(=O)N1Cc1ccccc1. The molecule has 0 aliphatic carbocycles. The largest absolute Gasteiger partial charge is 0.504 e. The zero-order chi connectivity index (χ0) is 16.6. The molecule has 1 N–H and O–H groups in total. The van der Waals surface area contributed by atoms with Crippen molar-refractivity contribution in [1.82, 2.24) is 4.31 Å². The quantitative estimate of drug-likeness (QED) is 0.858. The molecular formula is C15H13NO5S2. The standard InChI is InChI=1S/C15H13NO5S2/c1-21-15(18)12-13(17)14-11(7-8-22-14)23(19,20)16(12)9-10-5-3-2-4-6-10/h2-8,17H,9H2,1H3. The fourth-order valence-corrected chi connectivity index (χ4v) is 5.15. The number of carbonyl (C=O) groups excluding carboxylic acids is 1. The number of nitrogens with zero attached hydrogens (tertiary/aromatic N) is 1. The predicted molar refractivity (Wildman–Crippen MR) is 85.1 cm³/mol. The van der Waals surface area contributed by atoms with Crippen molar-refractivity contribution in [3.63, 3.8) is 0 Å². The lowest BCUT2D eigenvalue weighted by Crippen LogP contribution is -2.37. The van der Waals surface area contributed by atoms with Crippen LogP contribution in [0.25, 0.3) is 5.76 Å². The van der Waals surface area contributed by atoms with Gasteiger partial charge in [-0.15, -0.1) is 11.3 Å². The average Bonchev–Trinajstić information content (AvgIpc) is 3.04. The topological polar surface area (TPSA) is 83.9 Å². The minimum atomic E-state index is -3.95. The lowest BCUT2D eigenvalue weighted by atomic mass is 10.2. The highest BCUT2D eigenvalue weighted by atomic mass is 32.2. The summed E-state index contributed by atoms with van der Waals surface area (Å²) >= 11 is 1.05. The molecule has 0 saturated carbocycles. The van der Waals surface area contributed by atoms with Crippen molar-refractivity contribution in [2.24, 2.45) is 0 Å². The number of rotatable bonds is 3. The summed E-state index contributed by atoms with van der Waals surface area (Å²) in [7, 11) is -2.81. The van der Waals surface area contributed by atoms with Crippen molar-refractivity contribution in [2.75, 3.05) is 7.11 Å². The van der Waals surface area contributed by atoms with Crippen LogP contribution in [-0.4, -0.2) is 30.9 Å². The summed E-state index contributed by atoms with van der Waals surface area (Å²) in [6, 6.07) is 10.2. The Balaban J connectivity index is 2.18. The first kappa shape index (κ1) is 15.6. The Morgan fingerprint density at radius 1 is 1.26 bits per heavy atom. The second-order valence-corrected chi connectivity index (χ2v) is 7.55. The molecule has 0 amide bonds. The number of hydrogen-bond acceptors (Lipinski definition) is 6. The van der Waals surface area contributed by atoms with Crippen molar-refractivity contribution in [2.45, 2.75) is 11.4 Å². The molecule has 0 unspecified atom stereocenters. The molecule has 23 heavy (non-hydrogen) atoms. The lowest BCUT2D eigenvalue weighted by Gasteiger charge is -2.29. The molecular weight excluding hydrogens is 338 g/mol. The number of carbonyl (C=O) groups is 1. The van der Waals surface area contributed by atoms with E-state index in [1.54, 1.807) is 35.7 Å². The van der Waals surface area contributed by atoms with Gasteiger partial charge in [0.25, 0.3) is 10.0 Å². The van der Waals surface area contributed by atoms with Gasteiger partial charge in [-0.05, 0) is 17.0 Å². The molecule has 120 valence electrons. The Labute approximate surface area is 137 Å². The van der Waals surface area contributed by atoms with Gasteiger partial charge in [0.15, 0.2) is 11.5 Å². The molecule has 0 spiro atoms. The first-order valence-electron chi connectivity index (χ1n) is 6.63. The van der Waals surface area contributed by atoms with E-state index >= 15 is 0 Å². The molecule has 1 aromatic heterocycles. The highest BCUT2D eigenvalue weighted by Gasteiger charge is 2.41. The van der Waals surface area contributed by atoms with Gasteiger partial charge in [0.2, 0.25) is 0 Å². The number of aliphatic hydroxyl groups is 1. The van der Waals surface area contributed by atoms with Gasteiger partial charge in [0, 0.05) is 0 Å². The molecule has 6 nitrogen and oxygen atoms in total. The fraction of sp³-hybridized carbons (Fsp3) is 0.133. The maximum Gasteiger partial charge on any atom is 0.359 e. The Hall–Kier alpha value is -2.32. The van der Waals surface area contributed by atoms with E-state index in [4.69, 9.17) is 0 Å². The number of methoxy groups -OCH3 is 1. The monoisotopic (exact) mass is 351 g/mol. The number of esters is 1. The first-order chi connectivity index (χ1) is 11.0. The van der Waals surface area contributed by atoms with Crippen LogP contribution in [0.1, 0.15) is 10.4 Å². The van der Waals surface area contributed by atoms with Gasteiger partial charge >= 0.3 is 5.97 Å². The Morgan fingerprint density at radius 3 is 2.61 bits per heavy atom. The zero-order valence-corrected chi connectivity index (χ0v) is 13.7. The van der Waals surface area contributed by atoms with Crippen LogP contribution in [0.5, 0.6) is 0 Å². The summed E-state index contributed by atoms with van der Waals surface area (Å²) in [5.41, 5.74) is 0.315. The average molecular weight is 351 g/mol. The van der Waals surface area contributed by atoms with Crippen LogP contribution in [0.15, 0.2) is 52.4 Å². The third-order valence-corrected chi connectivity index (χ3v) is 6.27. The fourth-order valence-electron chi connectivity index (χ4n) is 2.35. The van der Waals surface area contributed by atoms with Crippen molar-refractivity contribution in [3.8, 4) is 0 Å². The smallest absolute Gasteiger partial charge is 0.359 e. The summed E-state index contributed by atoms with van der Waals surface area (Å²) in [5, 5.41) is 11.9. The van der Waals surface area contributed by atoms with Crippen LogP contribution in [0.2, 0.25) is 0 Å². The predicted octanol–water partition coefficient (Wildman–Crippen LogP) is 2.35. The maximum absolute atomic E-state index is 12.8. The summed E-state index contributed by atoms with van der Waals surface area (Å²) in [5.74, 6) is -1.28. The highest BCUT2D eigenvalue weighted by Crippen LogP contribution is 2.39. The van der Waals surface area contributed by atoms with Gasteiger partial charge in [0.05, 0.1) is 18.5 Å². The molecule has 1 aliphatic rings. The molecule has 1 aromatic carbocycles.